The Balaban J connectivity index is 1.54. The van der Waals surface area contributed by atoms with Gasteiger partial charge in [-0.3, -0.25) is 20.4 Å². The van der Waals surface area contributed by atoms with E-state index in [1.165, 1.54) is 0 Å². The van der Waals surface area contributed by atoms with E-state index in [9.17, 15) is 9.59 Å². The third-order valence-electron chi connectivity index (χ3n) is 3.84. The first-order valence-corrected chi connectivity index (χ1v) is 8.39. The first-order chi connectivity index (χ1) is 12.4. The van der Waals surface area contributed by atoms with Gasteiger partial charge in [0.1, 0.15) is 5.58 Å². The number of hydrogen-bond acceptors (Lipinski definition) is 4. The van der Waals surface area contributed by atoms with Gasteiger partial charge in [0.25, 0.3) is 5.91 Å². The fourth-order valence-corrected chi connectivity index (χ4v) is 2.73. The Hall–Kier alpha value is -2.99. The molecule has 7 heteroatoms. The Kier molecular flexibility index (Phi) is 5.14. The van der Waals surface area contributed by atoms with Crippen LogP contribution in [0, 0.1) is 13.8 Å². The third kappa shape index (κ3) is 4.15. The van der Waals surface area contributed by atoms with Crippen LogP contribution in [0.25, 0.3) is 11.0 Å². The highest BCUT2D eigenvalue weighted by molar-refractivity contribution is 6.31. The van der Waals surface area contributed by atoms with Crippen LogP contribution in [-0.4, -0.2) is 18.4 Å². The van der Waals surface area contributed by atoms with Gasteiger partial charge in [-0.15, -0.1) is 0 Å². The molecule has 0 aliphatic carbocycles. The summed E-state index contributed by atoms with van der Waals surface area (Å²) in [5.41, 5.74) is 8.28. The Morgan fingerprint density at radius 2 is 1.85 bits per heavy atom. The van der Waals surface area contributed by atoms with E-state index in [0.717, 1.165) is 16.8 Å². The second kappa shape index (κ2) is 7.49. The van der Waals surface area contributed by atoms with Crippen molar-refractivity contribution in [2.24, 2.45) is 0 Å². The lowest BCUT2D eigenvalue weighted by molar-refractivity contribution is -0.120. The summed E-state index contributed by atoms with van der Waals surface area (Å²) >= 11 is 5.91. The molecular weight excluding hydrogens is 354 g/mol. The number of amides is 2. The molecule has 0 spiro atoms. The number of carbonyl (C=O) groups excluding carboxylic acids is 2. The molecule has 0 unspecified atom stereocenters. The van der Waals surface area contributed by atoms with E-state index in [2.05, 4.69) is 16.2 Å². The van der Waals surface area contributed by atoms with Crippen LogP contribution in [0.2, 0.25) is 5.02 Å². The maximum Gasteiger partial charge on any atom is 0.305 e. The molecule has 1 heterocycles. The van der Waals surface area contributed by atoms with Crippen LogP contribution in [0.15, 0.2) is 46.9 Å². The summed E-state index contributed by atoms with van der Waals surface area (Å²) < 4.78 is 5.44. The predicted molar refractivity (Wildman–Crippen MR) is 101 cm³/mol. The quantitative estimate of drug-likeness (QED) is 0.612. The van der Waals surface area contributed by atoms with Crippen LogP contribution in [0.1, 0.15) is 21.7 Å². The highest BCUT2D eigenvalue weighted by atomic mass is 35.5. The molecule has 0 fully saturated rings. The number of nitrogens with one attached hydrogen (secondary N) is 3. The highest BCUT2D eigenvalue weighted by Gasteiger charge is 2.13. The Labute approximate surface area is 155 Å². The first-order valence-electron chi connectivity index (χ1n) is 8.02. The van der Waals surface area contributed by atoms with Gasteiger partial charge in [0.15, 0.2) is 5.76 Å². The van der Waals surface area contributed by atoms with Gasteiger partial charge in [0.05, 0.1) is 6.54 Å². The van der Waals surface area contributed by atoms with Gasteiger partial charge in [0, 0.05) is 16.1 Å². The van der Waals surface area contributed by atoms with E-state index < -0.39 is 5.91 Å². The minimum absolute atomic E-state index is 0.0277. The van der Waals surface area contributed by atoms with Gasteiger partial charge < -0.3 is 9.73 Å². The Morgan fingerprint density at radius 1 is 1.04 bits per heavy atom. The maximum absolute atomic E-state index is 12.1. The Morgan fingerprint density at radius 3 is 2.62 bits per heavy atom. The summed E-state index contributed by atoms with van der Waals surface area (Å²) in [6, 6.07) is 12.5. The largest absolute Gasteiger partial charge is 0.451 e. The van der Waals surface area contributed by atoms with Crippen molar-refractivity contribution in [2.75, 3.05) is 11.9 Å². The maximum atomic E-state index is 12.1. The summed E-state index contributed by atoms with van der Waals surface area (Å²) in [7, 11) is 0. The van der Waals surface area contributed by atoms with Gasteiger partial charge in [-0.2, -0.15) is 0 Å². The minimum atomic E-state index is -0.544. The van der Waals surface area contributed by atoms with Crippen LogP contribution in [0.3, 0.4) is 0 Å². The Bertz CT molecular complexity index is 981. The second-order valence-corrected chi connectivity index (χ2v) is 6.40. The summed E-state index contributed by atoms with van der Waals surface area (Å²) in [5.74, 6) is -0.834. The lowest BCUT2D eigenvalue weighted by atomic mass is 10.1. The SMILES string of the molecule is Cc1ccc(NCC(=O)NNC(=O)c2cc3cc(Cl)ccc3o2)c(C)c1. The number of rotatable bonds is 4. The smallest absolute Gasteiger partial charge is 0.305 e. The molecule has 1 aromatic heterocycles. The topological polar surface area (TPSA) is 83.4 Å². The fraction of sp³-hybridized carbons (Fsp3) is 0.158. The standard InChI is InChI=1S/C19H18ClN3O3/c1-11-3-5-15(12(2)7-11)21-10-18(24)22-23-19(25)17-9-13-8-14(20)4-6-16(13)26-17/h3-9,21H,10H2,1-2H3,(H,22,24)(H,23,25). The number of halogens is 1. The molecule has 3 N–H and O–H groups in total. The molecule has 3 aromatic rings. The lowest BCUT2D eigenvalue weighted by Crippen LogP contribution is -2.44. The van der Waals surface area contributed by atoms with Crippen LogP contribution in [0.5, 0.6) is 0 Å². The zero-order valence-corrected chi connectivity index (χ0v) is 15.1. The number of aryl methyl sites for hydroxylation is 2. The third-order valence-corrected chi connectivity index (χ3v) is 4.07. The molecule has 6 nitrogen and oxygen atoms in total. The molecule has 0 aliphatic rings. The zero-order valence-electron chi connectivity index (χ0n) is 14.4. The van der Waals surface area contributed by atoms with Gasteiger partial charge in [0.2, 0.25) is 0 Å². The number of anilines is 1. The van der Waals surface area contributed by atoms with Crippen LogP contribution >= 0.6 is 11.6 Å². The van der Waals surface area contributed by atoms with E-state index in [4.69, 9.17) is 16.0 Å². The van der Waals surface area contributed by atoms with Gasteiger partial charge in [-0.25, -0.2) is 0 Å². The normalized spacial score (nSPS) is 10.6. The van der Waals surface area contributed by atoms with Crippen molar-refractivity contribution in [3.63, 3.8) is 0 Å². The minimum Gasteiger partial charge on any atom is -0.451 e. The van der Waals surface area contributed by atoms with Gasteiger partial charge in [-0.1, -0.05) is 29.3 Å². The number of carbonyl (C=O) groups is 2. The van der Waals surface area contributed by atoms with Crippen molar-refractivity contribution in [2.45, 2.75) is 13.8 Å². The molecule has 2 amide bonds. The molecule has 0 bridgehead atoms. The van der Waals surface area contributed by atoms with Crippen molar-refractivity contribution in [1.29, 1.82) is 0 Å². The highest BCUT2D eigenvalue weighted by Crippen LogP contribution is 2.22. The van der Waals surface area contributed by atoms with E-state index in [1.807, 2.05) is 32.0 Å². The molecule has 0 atom stereocenters. The van der Waals surface area contributed by atoms with E-state index in [-0.39, 0.29) is 18.2 Å². The molecule has 0 radical (unpaired) electrons. The molecule has 2 aromatic carbocycles. The molecule has 134 valence electrons. The molecular formula is C19H18ClN3O3. The predicted octanol–water partition coefficient (Wildman–Crippen LogP) is 3.58. The number of furan rings is 1. The number of benzene rings is 2. The number of hydrogen-bond donors (Lipinski definition) is 3. The van der Waals surface area contributed by atoms with E-state index >= 15 is 0 Å². The van der Waals surface area contributed by atoms with Crippen LogP contribution in [-0.2, 0) is 4.79 Å². The van der Waals surface area contributed by atoms with Gasteiger partial charge >= 0.3 is 5.91 Å². The molecule has 26 heavy (non-hydrogen) atoms. The summed E-state index contributed by atoms with van der Waals surface area (Å²) in [5, 5.41) is 4.30. The molecule has 0 aliphatic heterocycles. The first kappa shape index (κ1) is 17.8. The second-order valence-electron chi connectivity index (χ2n) is 5.97. The zero-order chi connectivity index (χ0) is 18.7. The average molecular weight is 372 g/mol. The van der Waals surface area contributed by atoms with E-state index in [1.54, 1.807) is 24.3 Å². The molecule has 0 saturated carbocycles. The van der Waals surface area contributed by atoms with E-state index in [0.29, 0.717) is 16.0 Å². The molecule has 3 rings (SSSR count). The van der Waals surface area contributed by atoms with Crippen molar-refractivity contribution in [3.05, 3.63) is 64.4 Å². The molecule has 0 saturated heterocycles. The summed E-state index contributed by atoms with van der Waals surface area (Å²) in [6.45, 7) is 3.99. The van der Waals surface area contributed by atoms with Gasteiger partial charge in [-0.05, 0) is 49.7 Å². The van der Waals surface area contributed by atoms with Crippen LogP contribution in [0.4, 0.5) is 5.69 Å². The number of hydrazine groups is 1. The monoisotopic (exact) mass is 371 g/mol. The van der Waals surface area contributed by atoms with Crippen molar-refractivity contribution in [3.8, 4) is 0 Å². The summed E-state index contributed by atoms with van der Waals surface area (Å²) in [6.07, 6.45) is 0. The van der Waals surface area contributed by atoms with Crippen molar-refractivity contribution < 1.29 is 14.0 Å². The fourth-order valence-electron chi connectivity index (χ4n) is 2.55. The number of fused-ring (bicyclic) bond motifs is 1. The average Bonchev–Trinajstić information content (AvgIpc) is 3.02. The lowest BCUT2D eigenvalue weighted by Gasteiger charge is -2.10. The summed E-state index contributed by atoms with van der Waals surface area (Å²) in [4.78, 5) is 24.0. The van der Waals surface area contributed by atoms with Crippen molar-refractivity contribution in [1.82, 2.24) is 10.9 Å². The van der Waals surface area contributed by atoms with Crippen LogP contribution < -0.4 is 16.2 Å². The van der Waals surface area contributed by atoms with Crippen molar-refractivity contribution >= 4 is 40.1 Å².